The molecule has 1 heterocycles. The first-order chi connectivity index (χ1) is 16.7. The van der Waals surface area contributed by atoms with Crippen molar-refractivity contribution >= 4 is 67.7 Å². The SMILES string of the molecule is CSC(=S)N1CC2(CCCCC2)CS/C1=N\c1cccc2ccc(OCC(=O)OC(C)(C)C)cc12. The molecule has 1 saturated heterocycles. The molecule has 0 amide bonds. The average molecular weight is 531 g/mol. The molecule has 0 aromatic heterocycles. The second-order valence-corrected chi connectivity index (χ2v) is 12.7. The lowest BCUT2D eigenvalue weighted by Gasteiger charge is -2.45. The molecule has 0 radical (unpaired) electrons. The Kier molecular flexibility index (Phi) is 8.34. The van der Waals surface area contributed by atoms with Crippen molar-refractivity contribution in [3.05, 3.63) is 36.4 Å². The van der Waals surface area contributed by atoms with Gasteiger partial charge in [0.2, 0.25) is 0 Å². The van der Waals surface area contributed by atoms with E-state index in [9.17, 15) is 4.79 Å². The summed E-state index contributed by atoms with van der Waals surface area (Å²) in [6.07, 6.45) is 8.54. The van der Waals surface area contributed by atoms with Crippen LogP contribution in [0.5, 0.6) is 5.75 Å². The number of amidine groups is 1. The number of benzene rings is 2. The molecule has 188 valence electrons. The molecule has 0 bridgehead atoms. The van der Waals surface area contributed by atoms with E-state index in [1.807, 2.05) is 69.1 Å². The van der Waals surface area contributed by atoms with Gasteiger partial charge in [-0.2, -0.15) is 0 Å². The molecule has 1 aliphatic heterocycles. The van der Waals surface area contributed by atoms with Gasteiger partial charge < -0.3 is 14.4 Å². The van der Waals surface area contributed by atoms with Crippen molar-refractivity contribution in [3.63, 3.8) is 0 Å². The molecule has 2 aromatic rings. The van der Waals surface area contributed by atoms with Crippen LogP contribution in [0, 0.1) is 5.41 Å². The third kappa shape index (κ3) is 6.71. The second kappa shape index (κ2) is 11.1. The number of aliphatic imine (C=N–C) groups is 1. The fourth-order valence-electron chi connectivity index (χ4n) is 4.73. The number of nitrogens with zero attached hydrogens (tertiary/aromatic N) is 2. The van der Waals surface area contributed by atoms with Crippen LogP contribution < -0.4 is 4.74 Å². The summed E-state index contributed by atoms with van der Waals surface area (Å²) < 4.78 is 12.0. The van der Waals surface area contributed by atoms with Gasteiger partial charge in [0.1, 0.15) is 15.7 Å². The number of thioether (sulfide) groups is 2. The van der Waals surface area contributed by atoms with Gasteiger partial charge in [0, 0.05) is 17.7 Å². The van der Waals surface area contributed by atoms with E-state index in [-0.39, 0.29) is 12.6 Å². The highest BCUT2D eigenvalue weighted by Gasteiger charge is 2.40. The minimum atomic E-state index is -0.538. The van der Waals surface area contributed by atoms with E-state index in [1.165, 1.54) is 32.1 Å². The molecule has 2 aliphatic rings. The lowest BCUT2D eigenvalue weighted by molar-refractivity contribution is -0.157. The predicted molar refractivity (Wildman–Crippen MR) is 153 cm³/mol. The number of carbonyl (C=O) groups is 1. The average Bonchev–Trinajstić information content (AvgIpc) is 2.83. The molecule has 0 unspecified atom stereocenters. The minimum Gasteiger partial charge on any atom is -0.482 e. The number of hydrogen-bond donors (Lipinski definition) is 0. The normalized spacial score (nSPS) is 19.2. The Labute approximate surface area is 222 Å². The van der Waals surface area contributed by atoms with Crippen LogP contribution in [-0.2, 0) is 9.53 Å². The first-order valence-corrected chi connectivity index (χ1v) is 14.7. The highest BCUT2D eigenvalue weighted by atomic mass is 32.2. The first-order valence-electron chi connectivity index (χ1n) is 12.1. The van der Waals surface area contributed by atoms with Crippen LogP contribution in [0.1, 0.15) is 52.9 Å². The van der Waals surface area contributed by atoms with E-state index in [0.717, 1.165) is 38.2 Å². The number of thiocarbonyl (C=S) groups is 1. The Bertz CT molecular complexity index is 1120. The van der Waals surface area contributed by atoms with Crippen molar-refractivity contribution in [1.82, 2.24) is 4.90 Å². The summed E-state index contributed by atoms with van der Waals surface area (Å²) in [5.74, 6) is 1.32. The summed E-state index contributed by atoms with van der Waals surface area (Å²) in [7, 11) is 0. The van der Waals surface area contributed by atoms with Gasteiger partial charge in [-0.05, 0) is 68.9 Å². The maximum atomic E-state index is 12.1. The molecule has 35 heavy (non-hydrogen) atoms. The van der Waals surface area contributed by atoms with Crippen molar-refractivity contribution in [1.29, 1.82) is 0 Å². The number of hydrogen-bond acceptors (Lipinski definition) is 7. The van der Waals surface area contributed by atoms with E-state index in [1.54, 1.807) is 11.8 Å². The topological polar surface area (TPSA) is 51.1 Å². The Morgan fingerprint density at radius 3 is 2.69 bits per heavy atom. The third-order valence-corrected chi connectivity index (χ3v) is 8.98. The molecule has 0 N–H and O–H groups in total. The lowest BCUT2D eigenvalue weighted by Crippen LogP contribution is -2.48. The van der Waals surface area contributed by atoms with Gasteiger partial charge in [0.25, 0.3) is 0 Å². The molecule has 8 heteroatoms. The van der Waals surface area contributed by atoms with E-state index in [2.05, 4.69) is 11.0 Å². The number of carbonyl (C=O) groups excluding carboxylic acids is 1. The van der Waals surface area contributed by atoms with Gasteiger partial charge >= 0.3 is 5.97 Å². The molecular formula is C27H34N2O3S3. The van der Waals surface area contributed by atoms with Crippen LogP contribution in [0.15, 0.2) is 41.4 Å². The van der Waals surface area contributed by atoms with Crippen LogP contribution in [0.2, 0.25) is 0 Å². The molecule has 4 rings (SSSR count). The largest absolute Gasteiger partial charge is 0.482 e. The number of ether oxygens (including phenoxy) is 2. The maximum absolute atomic E-state index is 12.1. The fourth-order valence-corrected chi connectivity index (χ4v) is 6.66. The summed E-state index contributed by atoms with van der Waals surface area (Å²) in [6.45, 7) is 6.36. The van der Waals surface area contributed by atoms with Crippen molar-refractivity contribution in [2.24, 2.45) is 10.4 Å². The summed E-state index contributed by atoms with van der Waals surface area (Å²) in [4.78, 5) is 19.5. The standard InChI is InChI=1S/C27H34N2O3S3/c1-26(2,3)32-23(30)16-31-20-12-11-19-9-8-10-22(21(19)15-20)28-24-29(25(33)34-4)17-27(18-35-24)13-6-5-7-14-27/h8-12,15H,5-7,13-14,16-18H2,1-4H3/b28-24-. The van der Waals surface area contributed by atoms with E-state index < -0.39 is 5.60 Å². The zero-order chi connectivity index (χ0) is 25.1. The summed E-state index contributed by atoms with van der Waals surface area (Å²) in [5, 5.41) is 3.02. The van der Waals surface area contributed by atoms with Crippen LogP contribution in [0.3, 0.4) is 0 Å². The molecule has 2 fully saturated rings. The molecule has 1 saturated carbocycles. The van der Waals surface area contributed by atoms with Gasteiger partial charge in [-0.15, -0.1) is 0 Å². The fraction of sp³-hybridized carbons (Fsp3) is 0.519. The minimum absolute atomic E-state index is 0.132. The second-order valence-electron chi connectivity index (χ2n) is 10.3. The molecule has 1 aliphatic carbocycles. The van der Waals surface area contributed by atoms with Gasteiger partial charge in [0.15, 0.2) is 11.8 Å². The van der Waals surface area contributed by atoms with Gasteiger partial charge in [0.05, 0.1) is 5.69 Å². The summed E-state index contributed by atoms with van der Waals surface area (Å²) in [6, 6.07) is 11.9. The number of esters is 1. The Balaban J connectivity index is 1.59. The molecule has 5 nitrogen and oxygen atoms in total. The quantitative estimate of drug-likeness (QED) is 0.306. The van der Waals surface area contributed by atoms with E-state index in [4.69, 9.17) is 26.7 Å². The Morgan fingerprint density at radius 1 is 1.20 bits per heavy atom. The van der Waals surface area contributed by atoms with E-state index in [0.29, 0.717) is 11.2 Å². The monoisotopic (exact) mass is 530 g/mol. The highest BCUT2D eigenvalue weighted by Crippen LogP contribution is 2.45. The van der Waals surface area contributed by atoms with Crippen LogP contribution in [0.25, 0.3) is 10.8 Å². The summed E-state index contributed by atoms with van der Waals surface area (Å²) in [5.41, 5.74) is 0.675. The number of rotatable bonds is 4. The van der Waals surface area contributed by atoms with Gasteiger partial charge in [-0.25, -0.2) is 9.79 Å². The Hall–Kier alpha value is -1.77. The van der Waals surface area contributed by atoms with Crippen molar-refractivity contribution < 1.29 is 14.3 Å². The van der Waals surface area contributed by atoms with Crippen molar-refractivity contribution in [3.8, 4) is 5.75 Å². The van der Waals surface area contributed by atoms with Crippen molar-refractivity contribution in [2.75, 3.05) is 25.2 Å². The molecule has 2 aromatic carbocycles. The summed E-state index contributed by atoms with van der Waals surface area (Å²) >= 11 is 9.21. The maximum Gasteiger partial charge on any atom is 0.344 e. The molecular weight excluding hydrogens is 497 g/mol. The highest BCUT2D eigenvalue weighted by molar-refractivity contribution is 8.23. The van der Waals surface area contributed by atoms with Crippen LogP contribution in [-0.4, -0.2) is 51.1 Å². The zero-order valence-electron chi connectivity index (χ0n) is 21.0. The number of fused-ring (bicyclic) bond motifs is 1. The zero-order valence-corrected chi connectivity index (χ0v) is 23.4. The van der Waals surface area contributed by atoms with Gasteiger partial charge in [-0.3, -0.25) is 0 Å². The first kappa shape index (κ1) is 26.3. The van der Waals surface area contributed by atoms with E-state index >= 15 is 0 Å². The third-order valence-electron chi connectivity index (χ3n) is 6.36. The predicted octanol–water partition coefficient (Wildman–Crippen LogP) is 7.20. The lowest BCUT2D eigenvalue weighted by atomic mass is 9.75. The molecule has 1 spiro atoms. The smallest absolute Gasteiger partial charge is 0.344 e. The Morgan fingerprint density at radius 2 is 1.97 bits per heavy atom. The molecule has 0 atom stereocenters. The van der Waals surface area contributed by atoms with Gasteiger partial charge in [-0.1, -0.05) is 73.2 Å². The van der Waals surface area contributed by atoms with Crippen LogP contribution in [0.4, 0.5) is 5.69 Å². The van der Waals surface area contributed by atoms with Crippen LogP contribution >= 0.6 is 35.7 Å². The van der Waals surface area contributed by atoms with Crippen molar-refractivity contribution in [2.45, 2.75) is 58.5 Å².